The minimum Gasteiger partial charge on any atom is -0.428 e. The van der Waals surface area contributed by atoms with Gasteiger partial charge in [0.2, 0.25) is 0 Å². The number of aryl methyl sites for hydroxylation is 1. The van der Waals surface area contributed by atoms with Crippen molar-refractivity contribution in [2.45, 2.75) is 53.0 Å². The Balaban J connectivity index is 2.21. The summed E-state index contributed by atoms with van der Waals surface area (Å²) in [6.07, 6.45) is 1.81. The molecule has 25 heavy (non-hydrogen) atoms. The topological polar surface area (TPSA) is 50.6 Å². The number of aliphatic imine (C=N–C) groups is 1. The molecule has 0 fully saturated rings. The third-order valence-electron chi connectivity index (χ3n) is 3.72. The summed E-state index contributed by atoms with van der Waals surface area (Å²) in [4.78, 5) is 11.0. The molecule has 1 aromatic heterocycles. The number of ether oxygens (including phenoxy) is 1. The van der Waals surface area contributed by atoms with Crippen LogP contribution in [-0.4, -0.2) is 33.7 Å². The van der Waals surface area contributed by atoms with Crippen molar-refractivity contribution >= 4 is 35.2 Å². The fraction of sp³-hybridized carbons (Fsp3) is 0.500. The van der Waals surface area contributed by atoms with Gasteiger partial charge in [0.15, 0.2) is 5.82 Å². The average molecular weight is 381 g/mol. The van der Waals surface area contributed by atoms with Gasteiger partial charge in [-0.1, -0.05) is 32.4 Å². The van der Waals surface area contributed by atoms with Crippen molar-refractivity contribution in [3.8, 4) is 10.9 Å². The van der Waals surface area contributed by atoms with E-state index in [2.05, 4.69) is 49.0 Å². The van der Waals surface area contributed by atoms with Crippen LogP contribution < -0.4 is 4.74 Å². The summed E-state index contributed by atoms with van der Waals surface area (Å²) in [5.41, 5.74) is 1.68. The third kappa shape index (κ3) is 5.16. The Morgan fingerprint density at radius 1 is 1.32 bits per heavy atom. The molecule has 0 aliphatic carbocycles. The lowest BCUT2D eigenvalue weighted by molar-refractivity contribution is 0.429. The highest BCUT2D eigenvalue weighted by Crippen LogP contribution is 2.36. The molecule has 0 N–H and O–H groups in total. The van der Waals surface area contributed by atoms with Crippen LogP contribution in [0.25, 0.3) is 0 Å². The fourth-order valence-corrected chi connectivity index (χ4v) is 2.73. The van der Waals surface area contributed by atoms with Gasteiger partial charge in [-0.05, 0) is 38.5 Å². The smallest absolute Gasteiger partial charge is 0.298 e. The maximum absolute atomic E-state index is 6.37. The largest absolute Gasteiger partial charge is 0.428 e. The molecule has 0 bridgehead atoms. The first-order valence-corrected chi connectivity index (χ1v) is 9.31. The van der Waals surface area contributed by atoms with Gasteiger partial charge < -0.3 is 9.64 Å². The van der Waals surface area contributed by atoms with Crippen LogP contribution in [0.15, 0.2) is 17.1 Å². The fourth-order valence-electron chi connectivity index (χ4n) is 1.80. The van der Waals surface area contributed by atoms with Crippen molar-refractivity contribution < 1.29 is 4.74 Å². The van der Waals surface area contributed by atoms with E-state index in [1.165, 1.54) is 11.5 Å². The van der Waals surface area contributed by atoms with Gasteiger partial charge in [-0.2, -0.15) is 9.36 Å². The number of rotatable bonds is 5. The Kier molecular flexibility index (Phi) is 6.06. The Labute approximate surface area is 158 Å². The molecule has 0 aliphatic rings. The quantitative estimate of drug-likeness (QED) is 0.501. The molecule has 0 atom stereocenters. The normalized spacial score (nSPS) is 12.2. The zero-order valence-corrected chi connectivity index (χ0v) is 17.4. The van der Waals surface area contributed by atoms with E-state index in [1.807, 2.05) is 37.3 Å². The molecule has 0 saturated heterocycles. The molecule has 0 unspecified atom stereocenters. The summed E-state index contributed by atoms with van der Waals surface area (Å²) in [5.74, 6) is 1.32. The van der Waals surface area contributed by atoms with Crippen molar-refractivity contribution in [1.82, 2.24) is 14.3 Å². The standard InChI is InChI=1S/C18H25ClN4OS/c1-11(2)23(7)10-20-14-9-13(19)15(8-12(14)3)24-17-21-16(22-25-17)18(4,5)6/h8-11H,1-7H3. The van der Waals surface area contributed by atoms with Gasteiger partial charge in [-0.25, -0.2) is 4.99 Å². The molecule has 0 amide bonds. The van der Waals surface area contributed by atoms with Crippen LogP contribution in [0.4, 0.5) is 5.69 Å². The lowest BCUT2D eigenvalue weighted by Gasteiger charge is -2.17. The molecule has 1 heterocycles. The van der Waals surface area contributed by atoms with Crippen molar-refractivity contribution in [3.05, 3.63) is 28.5 Å². The van der Waals surface area contributed by atoms with Gasteiger partial charge in [0.25, 0.3) is 5.19 Å². The van der Waals surface area contributed by atoms with Crippen LogP contribution >= 0.6 is 23.1 Å². The van der Waals surface area contributed by atoms with Crippen molar-refractivity contribution in [2.24, 2.45) is 4.99 Å². The summed E-state index contributed by atoms with van der Waals surface area (Å²) in [6.45, 7) is 12.4. The van der Waals surface area contributed by atoms with Crippen molar-refractivity contribution in [2.75, 3.05) is 7.05 Å². The number of nitrogens with zero attached hydrogens (tertiary/aromatic N) is 4. The Morgan fingerprint density at radius 3 is 2.56 bits per heavy atom. The minimum absolute atomic E-state index is 0.112. The second-order valence-corrected chi connectivity index (χ2v) is 8.43. The molecule has 5 nitrogen and oxygen atoms in total. The monoisotopic (exact) mass is 380 g/mol. The Bertz CT molecular complexity index is 765. The predicted molar refractivity (Wildman–Crippen MR) is 106 cm³/mol. The number of hydrogen-bond donors (Lipinski definition) is 0. The maximum Gasteiger partial charge on any atom is 0.298 e. The van der Waals surface area contributed by atoms with Crippen molar-refractivity contribution in [1.29, 1.82) is 0 Å². The molecule has 0 aliphatic heterocycles. The SMILES string of the molecule is Cc1cc(Oc2nc(C(C)(C)C)ns2)c(Cl)cc1N=CN(C)C(C)C. The van der Waals surface area contributed by atoms with E-state index < -0.39 is 0 Å². The van der Waals surface area contributed by atoms with E-state index in [9.17, 15) is 0 Å². The highest BCUT2D eigenvalue weighted by molar-refractivity contribution is 7.07. The number of benzene rings is 1. The van der Waals surface area contributed by atoms with Crippen LogP contribution in [0.1, 0.15) is 46.0 Å². The zero-order chi connectivity index (χ0) is 18.8. The van der Waals surface area contributed by atoms with Crippen LogP contribution in [-0.2, 0) is 5.41 Å². The van der Waals surface area contributed by atoms with Gasteiger partial charge in [-0.3, -0.25) is 0 Å². The number of aromatic nitrogens is 2. The zero-order valence-electron chi connectivity index (χ0n) is 15.8. The molecule has 0 radical (unpaired) electrons. The second-order valence-electron chi connectivity index (χ2n) is 7.31. The molecule has 7 heteroatoms. The third-order valence-corrected chi connectivity index (χ3v) is 4.61. The molecular weight excluding hydrogens is 356 g/mol. The van der Waals surface area contributed by atoms with Crippen molar-refractivity contribution in [3.63, 3.8) is 0 Å². The van der Waals surface area contributed by atoms with E-state index in [-0.39, 0.29) is 5.41 Å². The Morgan fingerprint density at radius 2 is 2.00 bits per heavy atom. The first-order valence-electron chi connectivity index (χ1n) is 8.16. The Hall–Kier alpha value is -1.66. The van der Waals surface area contributed by atoms with Crippen LogP contribution in [0.2, 0.25) is 5.02 Å². The lowest BCUT2D eigenvalue weighted by Crippen LogP contribution is -2.24. The molecule has 0 saturated carbocycles. The van der Waals surface area contributed by atoms with Gasteiger partial charge in [0.05, 0.1) is 17.0 Å². The first-order chi connectivity index (χ1) is 11.6. The first kappa shape index (κ1) is 19.7. The summed E-state index contributed by atoms with van der Waals surface area (Å²) < 4.78 is 10.2. The number of hydrogen-bond acceptors (Lipinski definition) is 5. The summed E-state index contributed by atoms with van der Waals surface area (Å²) >= 11 is 7.60. The highest BCUT2D eigenvalue weighted by Gasteiger charge is 2.20. The lowest BCUT2D eigenvalue weighted by atomic mass is 9.96. The second kappa shape index (κ2) is 7.70. The van der Waals surface area contributed by atoms with Crippen LogP contribution in [0.5, 0.6) is 10.9 Å². The van der Waals surface area contributed by atoms with E-state index in [1.54, 1.807) is 0 Å². The van der Waals surface area contributed by atoms with E-state index in [0.29, 0.717) is 22.0 Å². The van der Waals surface area contributed by atoms with Gasteiger partial charge in [0, 0.05) is 30.0 Å². The number of halogens is 1. The minimum atomic E-state index is -0.112. The highest BCUT2D eigenvalue weighted by atomic mass is 35.5. The molecule has 2 aromatic rings. The average Bonchev–Trinajstić information content (AvgIpc) is 2.97. The van der Waals surface area contributed by atoms with Gasteiger partial charge >= 0.3 is 0 Å². The molecule has 1 aromatic carbocycles. The predicted octanol–water partition coefficient (Wildman–Crippen LogP) is 5.59. The van der Waals surface area contributed by atoms with E-state index in [0.717, 1.165) is 17.1 Å². The maximum atomic E-state index is 6.37. The molecule has 2 rings (SSSR count). The molecule has 0 spiro atoms. The van der Waals surface area contributed by atoms with Gasteiger partial charge in [-0.15, -0.1) is 0 Å². The van der Waals surface area contributed by atoms with Gasteiger partial charge in [0.1, 0.15) is 5.75 Å². The summed E-state index contributed by atoms with van der Waals surface area (Å²) in [5, 5.41) is 0.986. The van der Waals surface area contributed by atoms with E-state index in [4.69, 9.17) is 16.3 Å². The molecular formula is C18H25ClN4OS. The summed E-state index contributed by atoms with van der Waals surface area (Å²) in [6, 6.07) is 4.07. The van der Waals surface area contributed by atoms with Crippen LogP contribution in [0, 0.1) is 6.92 Å². The molecule has 136 valence electrons. The van der Waals surface area contributed by atoms with E-state index >= 15 is 0 Å². The van der Waals surface area contributed by atoms with Crippen LogP contribution in [0.3, 0.4) is 0 Å². The summed E-state index contributed by atoms with van der Waals surface area (Å²) in [7, 11) is 1.99.